The number of hydrogen-bond donors (Lipinski definition) is 14. The summed E-state index contributed by atoms with van der Waals surface area (Å²) in [6.45, 7) is 16.9. The number of aliphatic hydroxyl groups excluding tert-OH is 14. The van der Waals surface area contributed by atoms with Crippen molar-refractivity contribution < 1.29 is 109 Å². The highest BCUT2D eigenvalue weighted by atomic mass is 16.8. The van der Waals surface area contributed by atoms with Crippen molar-refractivity contribution in [3.05, 3.63) is 11.6 Å². The minimum Gasteiger partial charge on any atom is -0.394 e. The summed E-state index contributed by atoms with van der Waals surface area (Å²) in [5, 5.41) is 152. The van der Waals surface area contributed by atoms with Gasteiger partial charge in [-0.15, -0.1) is 0 Å². The van der Waals surface area contributed by atoms with Crippen molar-refractivity contribution in [2.75, 3.05) is 19.8 Å². The van der Waals surface area contributed by atoms with Crippen molar-refractivity contribution in [2.24, 2.45) is 45.3 Å². The fourth-order valence-corrected chi connectivity index (χ4v) is 16.2. The van der Waals surface area contributed by atoms with E-state index in [1.165, 1.54) is 6.92 Å². The number of aliphatic hydroxyl groups is 14. The molecule has 0 amide bonds. The van der Waals surface area contributed by atoms with E-state index in [1.54, 1.807) is 0 Å². The summed E-state index contributed by atoms with van der Waals surface area (Å²) in [6.07, 6.45) is -24.0. The maximum Gasteiger partial charge on any atom is 0.187 e. The van der Waals surface area contributed by atoms with Gasteiger partial charge in [0.05, 0.1) is 43.7 Å². The molecule has 14 N–H and O–H groups in total. The van der Waals surface area contributed by atoms with E-state index in [-0.39, 0.29) is 39.9 Å². The third-order valence-corrected chi connectivity index (χ3v) is 20.9. The summed E-state index contributed by atoms with van der Waals surface area (Å²) in [5.41, 5.74) is -1.35. The Morgan fingerprint density at radius 2 is 1.13 bits per heavy atom. The molecule has 4 saturated heterocycles. The van der Waals surface area contributed by atoms with E-state index in [4.69, 9.17) is 37.9 Å². The highest BCUT2D eigenvalue weighted by Crippen LogP contribution is 2.76. The number of hydrogen-bond acceptors (Lipinski definition) is 22. The van der Waals surface area contributed by atoms with E-state index in [1.807, 2.05) is 20.8 Å². The van der Waals surface area contributed by atoms with Crippen LogP contribution in [0.15, 0.2) is 11.6 Å². The normalized spacial score (nSPS) is 53.2. The summed E-state index contributed by atoms with van der Waals surface area (Å²) < 4.78 is 49.0. The Labute approximate surface area is 445 Å². The van der Waals surface area contributed by atoms with Gasteiger partial charge in [0.2, 0.25) is 0 Å². The Bertz CT molecular complexity index is 1980. The predicted octanol–water partition coefficient (Wildman–Crippen LogP) is -1.17. The second kappa shape index (κ2) is 22.9. The molecule has 4 saturated carbocycles. The van der Waals surface area contributed by atoms with Crippen LogP contribution in [-0.2, 0) is 37.9 Å². The Kier molecular flexibility index (Phi) is 18.4. The fourth-order valence-electron chi connectivity index (χ4n) is 16.2. The summed E-state index contributed by atoms with van der Waals surface area (Å²) >= 11 is 0. The molecule has 0 unspecified atom stereocenters. The smallest absolute Gasteiger partial charge is 0.187 e. The van der Waals surface area contributed by atoms with Crippen LogP contribution in [0.2, 0.25) is 0 Å². The average Bonchev–Trinajstić information content (AvgIpc) is 3.76. The van der Waals surface area contributed by atoms with Gasteiger partial charge < -0.3 is 109 Å². The van der Waals surface area contributed by atoms with E-state index < -0.39 is 166 Å². The van der Waals surface area contributed by atoms with Gasteiger partial charge in [-0.25, -0.2) is 0 Å². The lowest BCUT2D eigenvalue weighted by molar-refractivity contribution is -0.381. The quantitative estimate of drug-likeness (QED) is 0.0678. The van der Waals surface area contributed by atoms with Gasteiger partial charge in [0.1, 0.15) is 91.6 Å². The molecule has 0 spiro atoms. The molecule has 0 aromatic carbocycles. The van der Waals surface area contributed by atoms with E-state index >= 15 is 0 Å². The first-order valence-corrected chi connectivity index (χ1v) is 27.7. The zero-order chi connectivity index (χ0) is 55.9. The van der Waals surface area contributed by atoms with Crippen molar-refractivity contribution >= 4 is 0 Å². The summed E-state index contributed by atoms with van der Waals surface area (Å²) in [7, 11) is 0. The van der Waals surface area contributed by atoms with Gasteiger partial charge in [0.25, 0.3) is 0 Å². The van der Waals surface area contributed by atoms with Gasteiger partial charge in [0.15, 0.2) is 25.2 Å². The molecule has 22 heteroatoms. The lowest BCUT2D eigenvalue weighted by Gasteiger charge is -2.71. The van der Waals surface area contributed by atoms with E-state index in [0.29, 0.717) is 32.1 Å². The molecule has 4 aliphatic heterocycles. The van der Waals surface area contributed by atoms with Gasteiger partial charge in [-0.2, -0.15) is 0 Å². The molecule has 440 valence electrons. The van der Waals surface area contributed by atoms with Gasteiger partial charge in [-0.1, -0.05) is 46.3 Å². The molecule has 4 aliphatic carbocycles. The summed E-state index contributed by atoms with van der Waals surface area (Å²) in [4.78, 5) is 0. The number of rotatable bonds is 15. The molecule has 8 aliphatic rings. The topological polar surface area (TPSA) is 357 Å². The molecule has 30 atom stereocenters. The Balaban J connectivity index is 0.999. The second-order valence-electron chi connectivity index (χ2n) is 25.7. The monoisotopic (exact) mass is 1090 g/mol. The maximum atomic E-state index is 12.7. The third-order valence-electron chi connectivity index (χ3n) is 20.9. The predicted molar refractivity (Wildman–Crippen MR) is 265 cm³/mol. The lowest BCUT2D eigenvalue weighted by Crippen LogP contribution is -2.68. The van der Waals surface area contributed by atoms with Crippen LogP contribution in [0.5, 0.6) is 0 Å². The van der Waals surface area contributed by atoms with Gasteiger partial charge >= 0.3 is 0 Å². The molecule has 4 heterocycles. The van der Waals surface area contributed by atoms with Gasteiger partial charge in [-0.3, -0.25) is 0 Å². The van der Waals surface area contributed by atoms with E-state index in [9.17, 15) is 71.5 Å². The minimum atomic E-state index is -1.91. The van der Waals surface area contributed by atoms with Crippen LogP contribution >= 0.6 is 0 Å². The molecule has 0 aromatic rings. The molecule has 0 bridgehead atoms. The largest absolute Gasteiger partial charge is 0.394 e. The van der Waals surface area contributed by atoms with Crippen molar-refractivity contribution in [1.29, 1.82) is 0 Å². The molecule has 22 nitrogen and oxygen atoms in total. The van der Waals surface area contributed by atoms with Crippen LogP contribution in [-0.4, -0.2) is 232 Å². The molecule has 8 rings (SSSR count). The number of ether oxygens (including phenoxy) is 8. The zero-order valence-electron chi connectivity index (χ0n) is 45.6. The van der Waals surface area contributed by atoms with Crippen LogP contribution in [0.25, 0.3) is 0 Å². The highest BCUT2D eigenvalue weighted by molar-refractivity contribution is 5.20. The molecule has 8 fully saturated rings. The van der Waals surface area contributed by atoms with Crippen LogP contribution in [0.4, 0.5) is 0 Å². The summed E-state index contributed by atoms with van der Waals surface area (Å²) in [6, 6.07) is 0. The van der Waals surface area contributed by atoms with Gasteiger partial charge in [-0.05, 0) is 131 Å². The molecular formula is C54H92O22. The van der Waals surface area contributed by atoms with Gasteiger partial charge in [0, 0.05) is 0 Å². The van der Waals surface area contributed by atoms with Crippen molar-refractivity contribution in [1.82, 2.24) is 0 Å². The van der Waals surface area contributed by atoms with E-state index in [0.717, 1.165) is 31.3 Å². The molecular weight excluding hydrogens is 1000 g/mol. The van der Waals surface area contributed by atoms with Crippen molar-refractivity contribution in [2.45, 2.75) is 261 Å². The highest BCUT2D eigenvalue weighted by Gasteiger charge is 2.72. The average molecular weight is 1090 g/mol. The standard InChI is InChI=1S/C54H92O22/c1-23(2)11-10-15-54(9,76-48-44(68)39(63)35(59)27(20-55)71-48)25-12-17-53(8)33(25)26(57)19-31-51(6)16-14-32(50(4,5)30(51)13-18-52(31,53)7)74-49-45(41(65)36(60)28(21-56)72-49)75-47-43(67)40(64)37(61)29(73-47)22-69-46-42(66)38(62)34(58)24(3)70-46/h11,24-49,55-68H,10,12-22H2,1-9H3/t24-,25-,26+,27+,28+,29+,30+,31+,32+,33-,34-,35+,36+,37+,38+,39-,40-,41-,42+,43+,44+,45+,46+,47-,48-,49-,51+,52+,53+,54-/m0/s1. The fraction of sp³-hybridized carbons (Fsp3) is 0.963. The minimum absolute atomic E-state index is 0.0391. The van der Waals surface area contributed by atoms with Crippen molar-refractivity contribution in [3.63, 3.8) is 0 Å². The van der Waals surface area contributed by atoms with Crippen molar-refractivity contribution in [3.8, 4) is 0 Å². The lowest BCUT2D eigenvalue weighted by atomic mass is 9.35. The molecule has 76 heavy (non-hydrogen) atoms. The first-order valence-electron chi connectivity index (χ1n) is 27.7. The molecule has 0 aromatic heterocycles. The summed E-state index contributed by atoms with van der Waals surface area (Å²) in [5.74, 6) is -0.302. The Morgan fingerprint density at radius 3 is 1.76 bits per heavy atom. The maximum absolute atomic E-state index is 12.7. The Morgan fingerprint density at radius 1 is 0.579 bits per heavy atom. The van der Waals surface area contributed by atoms with E-state index in [2.05, 4.69) is 40.7 Å². The van der Waals surface area contributed by atoms with Crippen LogP contribution in [0, 0.1) is 45.3 Å². The first-order chi connectivity index (χ1) is 35.5. The van der Waals surface area contributed by atoms with Crippen LogP contribution < -0.4 is 0 Å². The number of allylic oxidation sites excluding steroid dienone is 2. The van der Waals surface area contributed by atoms with Crippen LogP contribution in [0.1, 0.15) is 120 Å². The second-order valence-corrected chi connectivity index (χ2v) is 25.7. The zero-order valence-corrected chi connectivity index (χ0v) is 45.6. The first kappa shape index (κ1) is 60.9. The van der Waals surface area contributed by atoms with Crippen LogP contribution in [0.3, 0.4) is 0 Å². The SMILES string of the molecule is CC(C)=CCC[C@](C)(O[C@@H]1O[C@H](CO)[C@@H](O)[C@H](O)[C@H]1O)[C@H]1CC[C@]2(C)[C@@H]1[C@H](O)C[C@@H]1[C@]3(C)CC[C@@H](O[C@@H]4O[C@H](CO)[C@@H](O)[C@H](O)[C@H]4O[C@@H]4O[C@H](CO[C@@H]5O[C@@H](C)[C@H](O)[C@@H](O)[C@H]5O)[C@@H](O)[C@H](O)[C@H]4O)C(C)(C)[C@H]3CC[C@]12C. The Hall–Kier alpha value is -1.14. The third kappa shape index (κ3) is 10.5. The number of fused-ring (bicyclic) bond motifs is 5. The molecule has 0 radical (unpaired) electrons.